The number of halogens is 2. The second-order valence-electron chi connectivity index (χ2n) is 3.10. The summed E-state index contributed by atoms with van der Waals surface area (Å²) in [7, 11) is 0. The molecule has 0 radical (unpaired) electrons. The Hall–Kier alpha value is -1.50. The molecule has 82 valence electrons. The van der Waals surface area contributed by atoms with Gasteiger partial charge in [-0.3, -0.25) is 4.79 Å². The summed E-state index contributed by atoms with van der Waals surface area (Å²) in [6, 6.07) is 6.56. The summed E-state index contributed by atoms with van der Waals surface area (Å²) in [5, 5.41) is 9.66. The highest BCUT2D eigenvalue weighted by atomic mass is 35.5. The Balaban J connectivity index is 3.40. The van der Waals surface area contributed by atoms with Crippen molar-refractivity contribution < 1.29 is 4.79 Å². The second kappa shape index (κ2) is 5.02. The Bertz CT molecular complexity index is 515. The number of amides is 1. The van der Waals surface area contributed by atoms with Gasteiger partial charge >= 0.3 is 0 Å². The minimum atomic E-state index is -0.772. The van der Waals surface area contributed by atoms with Gasteiger partial charge in [0.2, 0.25) is 0 Å². The Morgan fingerprint density at radius 1 is 1.44 bits per heavy atom. The molecule has 3 nitrogen and oxygen atoms in total. The van der Waals surface area contributed by atoms with Crippen molar-refractivity contribution in [2.75, 3.05) is 0 Å². The lowest BCUT2D eigenvalue weighted by molar-refractivity contribution is -0.114. The highest BCUT2D eigenvalue weighted by molar-refractivity contribution is 6.35. The van der Waals surface area contributed by atoms with Crippen molar-refractivity contribution in [3.63, 3.8) is 0 Å². The molecule has 0 aliphatic heterocycles. The molecule has 2 N–H and O–H groups in total. The topological polar surface area (TPSA) is 66.9 Å². The predicted molar refractivity (Wildman–Crippen MR) is 63.9 cm³/mol. The molecule has 16 heavy (non-hydrogen) atoms. The number of primary amides is 1. The van der Waals surface area contributed by atoms with E-state index in [1.165, 1.54) is 6.07 Å². The van der Waals surface area contributed by atoms with Gasteiger partial charge in [0.05, 0.1) is 0 Å². The quantitative estimate of drug-likeness (QED) is 0.652. The van der Waals surface area contributed by atoms with Gasteiger partial charge in [-0.1, -0.05) is 29.3 Å². The average Bonchev–Trinajstić information content (AvgIpc) is 2.17. The van der Waals surface area contributed by atoms with Crippen molar-refractivity contribution in [1.29, 1.82) is 5.26 Å². The van der Waals surface area contributed by atoms with Crippen molar-refractivity contribution in [3.8, 4) is 6.07 Å². The van der Waals surface area contributed by atoms with Crippen LogP contribution in [0, 0.1) is 11.3 Å². The monoisotopic (exact) mass is 254 g/mol. The first-order valence-electron chi connectivity index (χ1n) is 4.33. The molecule has 0 bridgehead atoms. The van der Waals surface area contributed by atoms with Crippen LogP contribution in [0.2, 0.25) is 10.0 Å². The van der Waals surface area contributed by atoms with E-state index in [-0.39, 0.29) is 5.57 Å². The first kappa shape index (κ1) is 12.6. The number of nitrogens with zero attached hydrogens (tertiary/aromatic N) is 1. The van der Waals surface area contributed by atoms with Crippen molar-refractivity contribution in [2.24, 2.45) is 5.73 Å². The lowest BCUT2D eigenvalue weighted by Gasteiger charge is -2.06. The maximum Gasteiger partial charge on any atom is 0.259 e. The summed E-state index contributed by atoms with van der Waals surface area (Å²) in [5.41, 5.74) is 5.98. The van der Waals surface area contributed by atoms with Crippen molar-refractivity contribution in [1.82, 2.24) is 0 Å². The van der Waals surface area contributed by atoms with Crippen LogP contribution < -0.4 is 5.73 Å². The Morgan fingerprint density at radius 3 is 2.50 bits per heavy atom. The standard InChI is InChI=1S/C11H8Cl2N2O/c1-6(9(5-14)11(15)16)8-3-2-7(12)4-10(8)13/h2-4H,1H3,(H2,15,16). The molecule has 1 rings (SSSR count). The molecular formula is C11H8Cl2N2O. The fraction of sp³-hybridized carbons (Fsp3) is 0.0909. The SMILES string of the molecule is CC(=C(C#N)C(N)=O)c1ccc(Cl)cc1Cl. The van der Waals surface area contributed by atoms with Gasteiger partial charge in [-0.05, 0) is 30.2 Å². The van der Waals surface area contributed by atoms with Gasteiger partial charge in [0.25, 0.3) is 5.91 Å². The van der Waals surface area contributed by atoms with Crippen LogP contribution in [0.15, 0.2) is 23.8 Å². The minimum Gasteiger partial charge on any atom is -0.365 e. The van der Waals surface area contributed by atoms with Gasteiger partial charge in [-0.25, -0.2) is 0 Å². The number of hydrogen-bond donors (Lipinski definition) is 1. The predicted octanol–water partition coefficient (Wildman–Crippen LogP) is 2.78. The molecule has 0 unspecified atom stereocenters. The van der Waals surface area contributed by atoms with Gasteiger partial charge in [-0.15, -0.1) is 0 Å². The third-order valence-electron chi connectivity index (χ3n) is 2.07. The molecule has 1 aromatic carbocycles. The molecule has 0 saturated heterocycles. The van der Waals surface area contributed by atoms with E-state index >= 15 is 0 Å². The van der Waals surface area contributed by atoms with E-state index in [0.29, 0.717) is 21.2 Å². The first-order chi connectivity index (χ1) is 7.47. The van der Waals surface area contributed by atoms with E-state index in [4.69, 9.17) is 34.2 Å². The molecule has 0 heterocycles. The van der Waals surface area contributed by atoms with Gasteiger partial charge in [0, 0.05) is 10.0 Å². The summed E-state index contributed by atoms with van der Waals surface area (Å²) in [4.78, 5) is 11.0. The summed E-state index contributed by atoms with van der Waals surface area (Å²) in [6.45, 7) is 1.61. The fourth-order valence-electron chi connectivity index (χ4n) is 1.25. The van der Waals surface area contributed by atoms with E-state index in [1.807, 2.05) is 0 Å². The number of benzene rings is 1. The molecule has 0 fully saturated rings. The first-order valence-corrected chi connectivity index (χ1v) is 5.09. The maximum absolute atomic E-state index is 11.0. The molecule has 1 aromatic rings. The number of nitrogens with two attached hydrogens (primary N) is 1. The fourth-order valence-corrected chi connectivity index (χ4v) is 1.80. The van der Waals surface area contributed by atoms with E-state index in [9.17, 15) is 4.79 Å². The normalized spacial score (nSPS) is 11.6. The largest absolute Gasteiger partial charge is 0.365 e. The highest BCUT2D eigenvalue weighted by Crippen LogP contribution is 2.28. The summed E-state index contributed by atoms with van der Waals surface area (Å²) in [6.07, 6.45) is 0. The smallest absolute Gasteiger partial charge is 0.259 e. The number of allylic oxidation sites excluding steroid dienone is 1. The van der Waals surface area contributed by atoms with Crippen LogP contribution in [-0.2, 0) is 4.79 Å². The molecule has 0 atom stereocenters. The average molecular weight is 255 g/mol. The number of carbonyl (C=O) groups is 1. The van der Waals surface area contributed by atoms with Crippen LogP contribution in [0.4, 0.5) is 0 Å². The third kappa shape index (κ3) is 2.54. The van der Waals surface area contributed by atoms with Crippen LogP contribution in [0.25, 0.3) is 5.57 Å². The molecule has 0 aromatic heterocycles. The number of hydrogen-bond acceptors (Lipinski definition) is 2. The summed E-state index contributed by atoms with van der Waals surface area (Å²) in [5.74, 6) is -0.772. The van der Waals surface area contributed by atoms with Crippen LogP contribution >= 0.6 is 23.2 Å². The van der Waals surface area contributed by atoms with Crippen LogP contribution in [0.5, 0.6) is 0 Å². The zero-order valence-corrected chi connectivity index (χ0v) is 9.93. The van der Waals surface area contributed by atoms with E-state index in [1.54, 1.807) is 25.1 Å². The van der Waals surface area contributed by atoms with E-state index in [2.05, 4.69) is 0 Å². The zero-order valence-electron chi connectivity index (χ0n) is 8.42. The van der Waals surface area contributed by atoms with Gasteiger partial charge in [0.15, 0.2) is 0 Å². The molecular weight excluding hydrogens is 247 g/mol. The Kier molecular flexibility index (Phi) is 3.94. The van der Waals surface area contributed by atoms with Crippen molar-refractivity contribution in [2.45, 2.75) is 6.92 Å². The number of rotatable bonds is 2. The van der Waals surface area contributed by atoms with Crippen molar-refractivity contribution in [3.05, 3.63) is 39.4 Å². The van der Waals surface area contributed by atoms with E-state index < -0.39 is 5.91 Å². The van der Waals surface area contributed by atoms with E-state index in [0.717, 1.165) is 0 Å². The highest BCUT2D eigenvalue weighted by Gasteiger charge is 2.12. The molecule has 0 aliphatic rings. The minimum absolute atomic E-state index is 0.107. The van der Waals surface area contributed by atoms with Gasteiger partial charge < -0.3 is 5.73 Å². The van der Waals surface area contributed by atoms with Gasteiger partial charge in [0.1, 0.15) is 11.6 Å². The lowest BCUT2D eigenvalue weighted by atomic mass is 10.0. The Labute approximate surface area is 103 Å². The number of carbonyl (C=O) groups excluding carboxylic acids is 1. The van der Waals surface area contributed by atoms with Crippen LogP contribution in [0.1, 0.15) is 12.5 Å². The molecule has 0 saturated carbocycles. The second-order valence-corrected chi connectivity index (χ2v) is 3.94. The lowest BCUT2D eigenvalue weighted by Crippen LogP contribution is -2.14. The maximum atomic E-state index is 11.0. The molecule has 0 spiro atoms. The molecule has 5 heteroatoms. The third-order valence-corrected chi connectivity index (χ3v) is 2.62. The Morgan fingerprint density at radius 2 is 2.06 bits per heavy atom. The van der Waals surface area contributed by atoms with Crippen LogP contribution in [0.3, 0.4) is 0 Å². The molecule has 1 amide bonds. The summed E-state index contributed by atoms with van der Waals surface area (Å²) < 4.78 is 0. The molecule has 0 aliphatic carbocycles. The van der Waals surface area contributed by atoms with Gasteiger partial charge in [-0.2, -0.15) is 5.26 Å². The van der Waals surface area contributed by atoms with Crippen molar-refractivity contribution >= 4 is 34.7 Å². The zero-order chi connectivity index (χ0) is 12.3. The van der Waals surface area contributed by atoms with Crippen LogP contribution in [-0.4, -0.2) is 5.91 Å². The number of nitriles is 1. The summed E-state index contributed by atoms with van der Waals surface area (Å²) >= 11 is 11.7.